The summed E-state index contributed by atoms with van der Waals surface area (Å²) in [5.41, 5.74) is 10.0. The summed E-state index contributed by atoms with van der Waals surface area (Å²) in [6, 6.07) is 9.60. The van der Waals surface area contributed by atoms with Crippen LogP contribution in [0.3, 0.4) is 0 Å². The van der Waals surface area contributed by atoms with Crippen LogP contribution >= 0.6 is 0 Å². The van der Waals surface area contributed by atoms with Crippen LogP contribution in [0.5, 0.6) is 0 Å². The van der Waals surface area contributed by atoms with Gasteiger partial charge < -0.3 is 34.3 Å². The maximum Gasteiger partial charge on any atom is 0.303 e. The quantitative estimate of drug-likeness (QED) is 0.0402. The average molecular weight is 1200 g/mol. The first-order chi connectivity index (χ1) is 41.7. The molecule has 3 aliphatic heterocycles. The Morgan fingerprint density at radius 1 is 0.920 bits per heavy atom. The summed E-state index contributed by atoms with van der Waals surface area (Å²) < 4.78 is 14.5. The van der Waals surface area contributed by atoms with Crippen molar-refractivity contribution >= 4 is 40.1 Å². The minimum atomic E-state index is -0.832. The first-order valence-electron chi connectivity index (χ1n) is 33.9. The average Bonchev–Trinajstić information content (AvgIpc) is 1.65. The first kappa shape index (κ1) is 67.9. The standard InChI is InChI=1S/C71H112N10O6/c1-15-30-78(54(17-3)18-4)47-57-22-20-31-79(57)67(49(7)8)69(84)73-66(70(85)80-32-19-21-50(9)74-80)53(24-23-48(5)6)29-33-75(38-39-86-13)56-27-28-63-60(42-56)62(44-71(11,12)45-64(82)83)68(81(63)58-40-52(16-2)41-58)61-43-59(46-72-65(61)51(10)87-14)77-36-34-76(35-37-77)55-25-26-55/h2,23-24,27-28,42-43,46,48-55,57-58,66-67,74H,15,17-22,25-26,29-41,44-45,47H2,1,3-14H3,(H,73,84)(H,82,83). The van der Waals surface area contributed by atoms with Crippen LogP contribution in [0.15, 0.2) is 42.6 Å². The maximum absolute atomic E-state index is 15.5. The number of likely N-dealkylation sites (tertiary alicyclic amines) is 1. The molecule has 8 rings (SSSR count). The van der Waals surface area contributed by atoms with Crippen LogP contribution in [-0.4, -0.2) is 175 Å². The zero-order valence-corrected chi connectivity index (χ0v) is 55.8. The second kappa shape index (κ2) is 31.1. The topological polar surface area (TPSA) is 151 Å². The number of anilines is 2. The van der Waals surface area contributed by atoms with E-state index in [9.17, 15) is 9.90 Å². The lowest BCUT2D eigenvalue weighted by atomic mass is 9.79. The van der Waals surface area contributed by atoms with Gasteiger partial charge in [-0.25, -0.2) is 5.43 Å². The monoisotopic (exact) mass is 1200 g/mol. The number of pyridine rings is 1. The zero-order chi connectivity index (χ0) is 62.7. The van der Waals surface area contributed by atoms with Crippen LogP contribution in [0.4, 0.5) is 11.4 Å². The largest absolute Gasteiger partial charge is 0.481 e. The fourth-order valence-electron chi connectivity index (χ4n) is 14.9. The molecule has 0 bridgehead atoms. The Labute approximate surface area is 523 Å². The number of carbonyl (C=O) groups excluding carboxylic acids is 2. The molecule has 2 amide bonds. The minimum Gasteiger partial charge on any atom is -0.481 e. The summed E-state index contributed by atoms with van der Waals surface area (Å²) in [6.07, 6.45) is 24.8. The van der Waals surface area contributed by atoms with Crippen LogP contribution in [0, 0.1) is 41.4 Å². The summed E-state index contributed by atoms with van der Waals surface area (Å²) in [6.45, 7) is 32.7. The lowest BCUT2D eigenvalue weighted by molar-refractivity contribution is -0.143. The van der Waals surface area contributed by atoms with Gasteiger partial charge in [0.2, 0.25) is 5.91 Å². The molecule has 6 atom stereocenters. The number of hydrogen-bond donors (Lipinski definition) is 3. The van der Waals surface area contributed by atoms with Gasteiger partial charge in [-0.2, -0.15) is 0 Å². The Morgan fingerprint density at radius 2 is 1.64 bits per heavy atom. The number of amides is 2. The lowest BCUT2D eigenvalue weighted by Crippen LogP contribution is -2.62. The van der Waals surface area contributed by atoms with Crippen molar-refractivity contribution in [3.05, 3.63) is 53.9 Å². The van der Waals surface area contributed by atoms with Crippen LogP contribution in [0.1, 0.15) is 183 Å². The molecule has 2 aromatic heterocycles. The van der Waals surface area contributed by atoms with E-state index < -0.39 is 23.5 Å². The molecule has 6 unspecified atom stereocenters. The number of hydrazine groups is 1. The first-order valence-corrected chi connectivity index (χ1v) is 33.9. The molecule has 3 aromatic rings. The number of aromatic nitrogens is 2. The second-order valence-electron chi connectivity index (χ2n) is 28.0. The van der Waals surface area contributed by atoms with Crippen molar-refractivity contribution in [1.29, 1.82) is 0 Å². The van der Waals surface area contributed by atoms with Gasteiger partial charge in [-0.1, -0.05) is 74.5 Å². The number of terminal acetylenes is 1. The summed E-state index contributed by atoms with van der Waals surface area (Å²) in [5.74, 6) is 2.07. The number of rotatable bonds is 32. The van der Waals surface area contributed by atoms with Crippen molar-refractivity contribution < 1.29 is 29.0 Å². The van der Waals surface area contributed by atoms with E-state index in [-0.39, 0.29) is 66.1 Å². The molecule has 5 aliphatic rings. The number of aliphatic carboxylic acids is 1. The van der Waals surface area contributed by atoms with Gasteiger partial charge in [0.25, 0.3) is 5.91 Å². The number of nitrogens with one attached hydrogen (secondary N) is 2. The second-order valence-corrected chi connectivity index (χ2v) is 28.0. The minimum absolute atomic E-state index is 0.00768. The zero-order valence-electron chi connectivity index (χ0n) is 55.8. The van der Waals surface area contributed by atoms with Crippen molar-refractivity contribution in [3.63, 3.8) is 0 Å². The lowest BCUT2D eigenvalue weighted by Gasteiger charge is -2.41. The van der Waals surface area contributed by atoms with Gasteiger partial charge in [0.15, 0.2) is 0 Å². The third-order valence-electron chi connectivity index (χ3n) is 19.9. The van der Waals surface area contributed by atoms with Gasteiger partial charge in [0, 0.05) is 131 Å². The Morgan fingerprint density at radius 3 is 2.26 bits per heavy atom. The van der Waals surface area contributed by atoms with Crippen LogP contribution in [0.2, 0.25) is 0 Å². The van der Waals surface area contributed by atoms with E-state index in [1.165, 1.54) is 12.8 Å². The van der Waals surface area contributed by atoms with Gasteiger partial charge in [0.1, 0.15) is 6.04 Å². The van der Waals surface area contributed by atoms with Crippen molar-refractivity contribution in [3.8, 4) is 23.6 Å². The number of fused-ring (bicyclic) bond motifs is 1. The predicted molar refractivity (Wildman–Crippen MR) is 354 cm³/mol. The number of methoxy groups -OCH3 is 2. The van der Waals surface area contributed by atoms with E-state index in [4.69, 9.17) is 20.9 Å². The molecule has 5 fully saturated rings. The maximum atomic E-state index is 15.5. The fraction of sp³-hybridized carbons (Fsp3) is 0.718. The molecule has 2 aliphatic carbocycles. The highest BCUT2D eigenvalue weighted by atomic mass is 16.5. The smallest absolute Gasteiger partial charge is 0.303 e. The normalized spacial score (nSPS) is 22.2. The molecule has 0 radical (unpaired) electrons. The molecular weight excluding hydrogens is 1090 g/mol. The van der Waals surface area contributed by atoms with Crippen LogP contribution < -0.4 is 20.5 Å². The van der Waals surface area contributed by atoms with Gasteiger partial charge in [-0.3, -0.25) is 39.1 Å². The van der Waals surface area contributed by atoms with E-state index in [0.29, 0.717) is 51.2 Å². The highest BCUT2D eigenvalue weighted by Crippen LogP contribution is 2.49. The van der Waals surface area contributed by atoms with Gasteiger partial charge >= 0.3 is 5.97 Å². The molecule has 16 nitrogen and oxygen atoms in total. The number of benzene rings is 1. The Bertz CT molecular complexity index is 2800. The van der Waals surface area contributed by atoms with Crippen LogP contribution in [0.25, 0.3) is 22.2 Å². The third kappa shape index (κ3) is 16.9. The highest BCUT2D eigenvalue weighted by molar-refractivity contribution is 5.95. The summed E-state index contributed by atoms with van der Waals surface area (Å²) >= 11 is 0. The van der Waals surface area contributed by atoms with Gasteiger partial charge in [-0.15, -0.1) is 12.3 Å². The number of allylic oxidation sites excluding steroid dienone is 1. The number of ether oxygens (including phenoxy) is 2. The summed E-state index contributed by atoms with van der Waals surface area (Å²) in [4.78, 5) is 61.6. The number of piperazine rings is 1. The van der Waals surface area contributed by atoms with E-state index >= 15 is 9.59 Å². The van der Waals surface area contributed by atoms with Gasteiger partial charge in [-0.05, 0) is 157 Å². The number of nitrogens with zero attached hydrogens (tertiary/aromatic N) is 8. The van der Waals surface area contributed by atoms with E-state index in [0.717, 1.165) is 148 Å². The summed E-state index contributed by atoms with van der Waals surface area (Å²) in [5, 5.41) is 16.8. The molecule has 482 valence electrons. The van der Waals surface area contributed by atoms with E-state index in [1.54, 1.807) is 19.2 Å². The Hall–Kier alpha value is -5.02. The molecule has 3 N–H and O–H groups in total. The highest BCUT2D eigenvalue weighted by Gasteiger charge is 2.43. The van der Waals surface area contributed by atoms with Crippen LogP contribution in [-0.2, 0) is 30.3 Å². The Kier molecular flexibility index (Phi) is 24.3. The molecule has 1 aromatic carbocycles. The van der Waals surface area contributed by atoms with Crippen molar-refractivity contribution in [2.75, 3.05) is 96.1 Å². The molecule has 5 heterocycles. The number of carboxylic acids is 1. The molecule has 87 heavy (non-hydrogen) atoms. The SMILES string of the molecule is C#CC1CC(n2c(-c3cc(N4CCN(C5CC5)CC4)cnc3C(C)OC)c(CC(C)(C)CC(=O)O)c3cc(N(CCOC)CCC(C=CC(C)C)C(NC(=O)C(C(C)C)N4CCCC4CN(CCC)C(CC)CC)C(=O)N4CCCC(C)N4)ccc32)C1. The van der Waals surface area contributed by atoms with Crippen molar-refractivity contribution in [2.24, 2.45) is 29.1 Å². The van der Waals surface area contributed by atoms with Gasteiger partial charge in [0.05, 0.1) is 48.4 Å². The fourth-order valence-corrected chi connectivity index (χ4v) is 14.9. The number of hydrogen-bond acceptors (Lipinski definition) is 12. The number of carbonyl (C=O) groups is 3. The van der Waals surface area contributed by atoms with Crippen molar-refractivity contribution in [2.45, 2.75) is 214 Å². The van der Waals surface area contributed by atoms with E-state index in [2.05, 4.69) is 158 Å². The third-order valence-corrected chi connectivity index (χ3v) is 19.9. The van der Waals surface area contributed by atoms with E-state index in [1.807, 2.05) is 6.20 Å². The molecule has 3 saturated heterocycles. The van der Waals surface area contributed by atoms with Crippen molar-refractivity contribution in [1.82, 2.24) is 40.0 Å². The number of carboxylic acid groups (broad SMARTS) is 1. The molecule has 0 spiro atoms. The predicted octanol–water partition coefficient (Wildman–Crippen LogP) is 11.4. The molecule has 2 saturated carbocycles. The molecule has 16 heteroatoms. The Balaban J connectivity index is 1.21. The molecular formula is C71H112N10O6. The summed E-state index contributed by atoms with van der Waals surface area (Å²) in [7, 11) is 3.47.